The number of unbranched alkanes of at least 4 members (excludes halogenated alkanes) is 1. The van der Waals surface area contributed by atoms with Crippen molar-refractivity contribution >= 4 is 5.57 Å². The van der Waals surface area contributed by atoms with E-state index in [1.807, 2.05) is 13.8 Å². The summed E-state index contributed by atoms with van der Waals surface area (Å²) < 4.78 is 0. The summed E-state index contributed by atoms with van der Waals surface area (Å²) >= 11 is 0. The van der Waals surface area contributed by atoms with Crippen LogP contribution in [0.5, 0.6) is 0 Å². The van der Waals surface area contributed by atoms with Crippen LogP contribution in [0.25, 0.3) is 5.57 Å². The normalized spacial score (nSPS) is 20.5. The minimum Gasteiger partial charge on any atom is -0.314 e. The summed E-state index contributed by atoms with van der Waals surface area (Å²) in [5.74, 6) is 0.673. The molecule has 0 bridgehead atoms. The van der Waals surface area contributed by atoms with Gasteiger partial charge in [-0.05, 0) is 55.5 Å². The average molecular weight is 499 g/mol. The minimum absolute atomic E-state index is 0.154. The molecule has 1 spiro atoms. The lowest BCUT2D eigenvalue weighted by molar-refractivity contribution is 0.160. The number of hydrogen-bond acceptors (Lipinski definition) is 2. The van der Waals surface area contributed by atoms with Gasteiger partial charge in [-0.15, -0.1) is 0 Å². The number of aryl methyl sites for hydroxylation is 1. The molecule has 1 aromatic rings. The highest BCUT2D eigenvalue weighted by Crippen LogP contribution is 2.43. The van der Waals surface area contributed by atoms with Crippen molar-refractivity contribution in [2.75, 3.05) is 26.7 Å². The van der Waals surface area contributed by atoms with Gasteiger partial charge in [0, 0.05) is 19.6 Å². The number of nitrogens with one attached hydrogen (secondary N) is 1. The highest BCUT2D eigenvalue weighted by atomic mass is 15.2. The quantitative estimate of drug-likeness (QED) is 0.406. The molecule has 208 valence electrons. The summed E-state index contributed by atoms with van der Waals surface area (Å²) in [5.41, 5.74) is 6.76. The second-order valence-electron chi connectivity index (χ2n) is 9.80. The third-order valence-corrected chi connectivity index (χ3v) is 6.48. The van der Waals surface area contributed by atoms with Gasteiger partial charge in [-0.25, -0.2) is 0 Å². The van der Waals surface area contributed by atoms with E-state index < -0.39 is 0 Å². The van der Waals surface area contributed by atoms with Gasteiger partial charge >= 0.3 is 0 Å². The molecule has 1 saturated heterocycles. The van der Waals surface area contributed by atoms with E-state index >= 15 is 0 Å². The zero-order chi connectivity index (χ0) is 28.1. The fourth-order valence-corrected chi connectivity index (χ4v) is 4.64. The van der Waals surface area contributed by atoms with Crippen molar-refractivity contribution in [3.05, 3.63) is 65.3 Å². The molecular weight excluding hydrogens is 436 g/mol. The first kappa shape index (κ1) is 36.5. The van der Waals surface area contributed by atoms with Crippen molar-refractivity contribution in [1.29, 1.82) is 0 Å². The fraction of sp³-hybridized carbons (Fsp3) is 0.647. The van der Waals surface area contributed by atoms with Crippen molar-refractivity contribution in [1.82, 2.24) is 10.2 Å². The monoisotopic (exact) mass is 498 g/mol. The first-order valence-corrected chi connectivity index (χ1v) is 14.8. The SMILES string of the molecule is C=C(/C=C\C1=C(C)CN(C)C12CNCC2CC)c1ccccc1C.CC.CCC.CCC.CCCC. The highest BCUT2D eigenvalue weighted by Gasteiger charge is 2.50. The van der Waals surface area contributed by atoms with E-state index in [-0.39, 0.29) is 5.54 Å². The summed E-state index contributed by atoms with van der Waals surface area (Å²) in [4.78, 5) is 2.55. The maximum Gasteiger partial charge on any atom is 0.0626 e. The summed E-state index contributed by atoms with van der Waals surface area (Å²) in [5, 5.41) is 3.63. The van der Waals surface area contributed by atoms with Crippen LogP contribution in [0.2, 0.25) is 0 Å². The maximum absolute atomic E-state index is 4.31. The average Bonchev–Trinajstić information content (AvgIpc) is 3.41. The van der Waals surface area contributed by atoms with Crippen molar-refractivity contribution in [2.45, 2.75) is 114 Å². The van der Waals surface area contributed by atoms with Crippen molar-refractivity contribution in [3.63, 3.8) is 0 Å². The third kappa shape index (κ3) is 10.8. The van der Waals surface area contributed by atoms with Gasteiger partial charge in [0.2, 0.25) is 0 Å². The molecule has 2 heterocycles. The van der Waals surface area contributed by atoms with Gasteiger partial charge in [-0.2, -0.15) is 0 Å². The minimum atomic E-state index is 0.154. The van der Waals surface area contributed by atoms with E-state index in [1.54, 1.807) is 0 Å². The molecule has 1 N–H and O–H groups in total. The highest BCUT2D eigenvalue weighted by molar-refractivity contribution is 5.75. The lowest BCUT2D eigenvalue weighted by Crippen LogP contribution is -2.50. The topological polar surface area (TPSA) is 15.3 Å². The Morgan fingerprint density at radius 1 is 1.00 bits per heavy atom. The molecule has 2 nitrogen and oxygen atoms in total. The number of nitrogens with zero attached hydrogens (tertiary/aromatic N) is 1. The number of hydrogen-bond donors (Lipinski definition) is 1. The third-order valence-electron chi connectivity index (χ3n) is 6.48. The Morgan fingerprint density at radius 3 is 2.00 bits per heavy atom. The summed E-state index contributed by atoms with van der Waals surface area (Å²) in [6, 6.07) is 8.48. The molecule has 0 aliphatic carbocycles. The van der Waals surface area contributed by atoms with Crippen LogP contribution >= 0.6 is 0 Å². The van der Waals surface area contributed by atoms with Gasteiger partial charge in [-0.1, -0.05) is 137 Å². The number of likely N-dealkylation sites (N-methyl/N-ethyl adjacent to an activating group) is 1. The molecular formula is C34H62N2. The Bertz CT molecular complexity index is 754. The zero-order valence-corrected chi connectivity index (χ0v) is 26.4. The molecule has 0 aromatic heterocycles. The van der Waals surface area contributed by atoms with Crippen LogP contribution in [0.3, 0.4) is 0 Å². The summed E-state index contributed by atoms with van der Waals surface area (Å²) in [6.45, 7) is 31.1. The smallest absolute Gasteiger partial charge is 0.0626 e. The first-order valence-electron chi connectivity index (χ1n) is 14.8. The molecule has 36 heavy (non-hydrogen) atoms. The van der Waals surface area contributed by atoms with Gasteiger partial charge in [0.15, 0.2) is 0 Å². The molecule has 1 aromatic carbocycles. The largest absolute Gasteiger partial charge is 0.314 e. The van der Waals surface area contributed by atoms with Crippen LogP contribution in [0.4, 0.5) is 0 Å². The number of benzene rings is 1. The Balaban J connectivity index is 0. The lowest BCUT2D eigenvalue weighted by atomic mass is 9.78. The molecule has 0 radical (unpaired) electrons. The molecule has 2 aliphatic heterocycles. The Labute approximate surface area is 227 Å². The Hall–Kier alpha value is -1.64. The summed E-state index contributed by atoms with van der Waals surface area (Å²) in [6.07, 6.45) is 10.9. The molecule has 2 heteroatoms. The molecule has 0 saturated carbocycles. The first-order chi connectivity index (χ1) is 17.2. The molecule has 1 fully saturated rings. The van der Waals surface area contributed by atoms with E-state index in [9.17, 15) is 0 Å². The predicted octanol–water partition coefficient (Wildman–Crippen LogP) is 9.86. The molecule has 2 aliphatic rings. The van der Waals surface area contributed by atoms with Crippen molar-refractivity contribution < 1.29 is 0 Å². The molecule has 2 unspecified atom stereocenters. The van der Waals surface area contributed by atoms with E-state index in [1.165, 1.54) is 54.4 Å². The standard InChI is InChI=1S/C22H30N2.C4H10.2C3H8.C2H6/c1-6-19-13-23-15-22(19)21(18(4)14-24(22)5)12-11-17(3)20-10-8-7-9-16(20)2;1-3-4-2;2*1-3-2;1-2/h7-12,19,23H,3,6,13-15H2,1-2,4-5H3;3-4H2,1-2H3;2*3H2,1-2H3;1-2H3/b12-11-;;;;. The lowest BCUT2D eigenvalue weighted by Gasteiger charge is -2.39. The van der Waals surface area contributed by atoms with Crippen LogP contribution in [-0.4, -0.2) is 37.1 Å². The van der Waals surface area contributed by atoms with Crippen LogP contribution in [0.15, 0.2) is 54.1 Å². The van der Waals surface area contributed by atoms with E-state index in [0.29, 0.717) is 5.92 Å². The summed E-state index contributed by atoms with van der Waals surface area (Å²) in [7, 11) is 2.27. The Morgan fingerprint density at radius 2 is 1.53 bits per heavy atom. The van der Waals surface area contributed by atoms with Crippen LogP contribution in [-0.2, 0) is 0 Å². The van der Waals surface area contributed by atoms with Crippen LogP contribution < -0.4 is 5.32 Å². The van der Waals surface area contributed by atoms with E-state index in [0.717, 1.165) is 25.2 Å². The maximum atomic E-state index is 4.31. The second kappa shape index (κ2) is 21.4. The second-order valence-corrected chi connectivity index (χ2v) is 9.80. The van der Waals surface area contributed by atoms with Crippen LogP contribution in [0.1, 0.15) is 112 Å². The Kier molecular flexibility index (Phi) is 21.8. The predicted molar refractivity (Wildman–Crippen MR) is 168 cm³/mol. The van der Waals surface area contributed by atoms with E-state index in [2.05, 4.69) is 123 Å². The fourth-order valence-electron chi connectivity index (χ4n) is 4.64. The molecule has 2 atom stereocenters. The zero-order valence-electron chi connectivity index (χ0n) is 26.4. The van der Waals surface area contributed by atoms with Crippen molar-refractivity contribution in [3.8, 4) is 0 Å². The van der Waals surface area contributed by atoms with Gasteiger partial charge in [0.25, 0.3) is 0 Å². The molecule has 0 amide bonds. The van der Waals surface area contributed by atoms with Gasteiger partial charge in [-0.3, -0.25) is 4.90 Å². The van der Waals surface area contributed by atoms with Crippen molar-refractivity contribution in [2.24, 2.45) is 5.92 Å². The van der Waals surface area contributed by atoms with Gasteiger partial charge in [0.1, 0.15) is 0 Å². The van der Waals surface area contributed by atoms with Crippen LogP contribution in [0, 0.1) is 12.8 Å². The van der Waals surface area contributed by atoms with E-state index in [4.69, 9.17) is 0 Å². The number of allylic oxidation sites excluding steroid dienone is 2. The number of rotatable bonds is 5. The molecule has 3 rings (SSSR count). The van der Waals surface area contributed by atoms with Gasteiger partial charge < -0.3 is 5.32 Å². The van der Waals surface area contributed by atoms with Gasteiger partial charge in [0.05, 0.1) is 5.54 Å².